The second-order valence-electron chi connectivity index (χ2n) is 4.54. The molecule has 108 valence electrons. The molecule has 2 N–H and O–H groups in total. The summed E-state index contributed by atoms with van der Waals surface area (Å²) in [4.78, 5) is 12.4. The molecular formula is C15H12ClFN2O2. The number of amides is 1. The number of hydrogen-bond acceptors (Lipinski definition) is 3. The Bertz CT molecular complexity index is 706. The van der Waals surface area contributed by atoms with Crippen molar-refractivity contribution in [2.75, 3.05) is 23.8 Å². The van der Waals surface area contributed by atoms with Gasteiger partial charge in [-0.2, -0.15) is 0 Å². The highest BCUT2D eigenvalue weighted by molar-refractivity contribution is 6.34. The minimum atomic E-state index is -0.456. The van der Waals surface area contributed by atoms with Gasteiger partial charge in [-0.1, -0.05) is 17.7 Å². The summed E-state index contributed by atoms with van der Waals surface area (Å²) in [5, 5.41) is 5.96. The van der Waals surface area contributed by atoms with Crippen LogP contribution in [0.15, 0.2) is 36.4 Å². The van der Waals surface area contributed by atoms with E-state index in [9.17, 15) is 9.18 Å². The molecule has 0 aliphatic carbocycles. The fourth-order valence-electron chi connectivity index (χ4n) is 2.13. The normalized spacial score (nSPS) is 12.9. The number of anilines is 2. The largest absolute Gasteiger partial charge is 0.489 e. The topological polar surface area (TPSA) is 50.4 Å². The molecule has 0 aromatic heterocycles. The minimum Gasteiger partial charge on any atom is -0.489 e. The molecule has 6 heteroatoms. The molecule has 0 saturated heterocycles. The zero-order valence-corrected chi connectivity index (χ0v) is 11.7. The molecule has 4 nitrogen and oxygen atoms in total. The number of carbonyl (C=O) groups excluding carboxylic acids is 1. The van der Waals surface area contributed by atoms with E-state index in [1.165, 1.54) is 12.1 Å². The van der Waals surface area contributed by atoms with Crippen LogP contribution in [0.5, 0.6) is 5.75 Å². The van der Waals surface area contributed by atoms with Crippen molar-refractivity contribution in [3.8, 4) is 5.75 Å². The monoisotopic (exact) mass is 306 g/mol. The summed E-state index contributed by atoms with van der Waals surface area (Å²) in [6.07, 6.45) is 0. The maximum Gasteiger partial charge on any atom is 0.259 e. The van der Waals surface area contributed by atoms with E-state index in [0.29, 0.717) is 30.2 Å². The Balaban J connectivity index is 1.89. The van der Waals surface area contributed by atoms with Crippen molar-refractivity contribution in [2.24, 2.45) is 0 Å². The van der Waals surface area contributed by atoms with Crippen molar-refractivity contribution in [3.05, 3.63) is 52.8 Å². The van der Waals surface area contributed by atoms with Crippen LogP contribution in [0, 0.1) is 5.82 Å². The molecule has 0 atom stereocenters. The van der Waals surface area contributed by atoms with E-state index in [-0.39, 0.29) is 10.9 Å². The van der Waals surface area contributed by atoms with Crippen LogP contribution in [0.1, 0.15) is 10.4 Å². The van der Waals surface area contributed by atoms with E-state index in [4.69, 9.17) is 16.3 Å². The van der Waals surface area contributed by atoms with Gasteiger partial charge in [-0.15, -0.1) is 0 Å². The van der Waals surface area contributed by atoms with Crippen LogP contribution in [0.4, 0.5) is 15.8 Å². The Morgan fingerprint density at radius 2 is 2.19 bits per heavy atom. The molecule has 0 spiro atoms. The van der Waals surface area contributed by atoms with Crippen LogP contribution in [-0.4, -0.2) is 19.1 Å². The second-order valence-corrected chi connectivity index (χ2v) is 4.94. The molecule has 0 radical (unpaired) electrons. The third kappa shape index (κ3) is 2.78. The molecule has 2 aromatic rings. The summed E-state index contributed by atoms with van der Waals surface area (Å²) >= 11 is 5.91. The van der Waals surface area contributed by atoms with E-state index in [1.807, 2.05) is 6.07 Å². The summed E-state index contributed by atoms with van der Waals surface area (Å²) in [7, 11) is 0. The van der Waals surface area contributed by atoms with Crippen LogP contribution < -0.4 is 15.4 Å². The summed E-state index contributed by atoms with van der Waals surface area (Å²) in [6.45, 7) is 1.19. The second kappa shape index (κ2) is 5.61. The average molecular weight is 307 g/mol. The van der Waals surface area contributed by atoms with E-state index in [2.05, 4.69) is 10.6 Å². The summed E-state index contributed by atoms with van der Waals surface area (Å²) in [5.41, 5.74) is 1.53. The molecule has 0 saturated carbocycles. The molecule has 3 rings (SSSR count). The first-order chi connectivity index (χ1) is 10.1. The molecule has 1 amide bonds. The van der Waals surface area contributed by atoms with Crippen molar-refractivity contribution < 1.29 is 13.9 Å². The Morgan fingerprint density at radius 1 is 1.33 bits per heavy atom. The highest BCUT2D eigenvalue weighted by atomic mass is 35.5. The van der Waals surface area contributed by atoms with Crippen LogP contribution in [0.3, 0.4) is 0 Å². The van der Waals surface area contributed by atoms with Gasteiger partial charge in [0.05, 0.1) is 22.0 Å². The first-order valence-electron chi connectivity index (χ1n) is 6.41. The molecule has 0 bridgehead atoms. The molecule has 1 heterocycles. The quantitative estimate of drug-likeness (QED) is 0.892. The van der Waals surface area contributed by atoms with Crippen LogP contribution in [0.2, 0.25) is 5.02 Å². The number of ether oxygens (including phenoxy) is 1. The Labute approximate surface area is 125 Å². The number of fused-ring (bicyclic) bond motifs is 1. The van der Waals surface area contributed by atoms with E-state index < -0.39 is 5.82 Å². The molecule has 2 aromatic carbocycles. The minimum absolute atomic E-state index is 0.146. The van der Waals surface area contributed by atoms with E-state index >= 15 is 0 Å². The van der Waals surface area contributed by atoms with Crippen molar-refractivity contribution >= 4 is 28.9 Å². The smallest absolute Gasteiger partial charge is 0.259 e. The highest BCUT2D eigenvalue weighted by Gasteiger charge is 2.19. The predicted octanol–water partition coefficient (Wildman–Crippen LogP) is 3.54. The van der Waals surface area contributed by atoms with Gasteiger partial charge in [0.25, 0.3) is 5.91 Å². The predicted molar refractivity (Wildman–Crippen MR) is 79.8 cm³/mol. The maximum absolute atomic E-state index is 13.0. The van der Waals surface area contributed by atoms with Crippen molar-refractivity contribution in [1.29, 1.82) is 0 Å². The summed E-state index contributed by atoms with van der Waals surface area (Å²) in [6, 6.07) is 9.08. The molecule has 1 aliphatic heterocycles. The molecule has 1 aliphatic rings. The fourth-order valence-corrected chi connectivity index (χ4v) is 2.34. The Morgan fingerprint density at radius 3 is 3.00 bits per heavy atom. The van der Waals surface area contributed by atoms with Crippen LogP contribution in [0.25, 0.3) is 0 Å². The lowest BCUT2D eigenvalue weighted by Gasteiger charge is -2.21. The van der Waals surface area contributed by atoms with Crippen molar-refractivity contribution in [2.45, 2.75) is 0 Å². The lowest BCUT2D eigenvalue weighted by molar-refractivity contribution is 0.102. The van der Waals surface area contributed by atoms with Crippen molar-refractivity contribution in [1.82, 2.24) is 0 Å². The number of para-hydroxylation sites is 1. The first kappa shape index (κ1) is 13.7. The van der Waals surface area contributed by atoms with Gasteiger partial charge in [0, 0.05) is 6.54 Å². The van der Waals surface area contributed by atoms with Gasteiger partial charge in [-0.05, 0) is 30.3 Å². The molecule has 21 heavy (non-hydrogen) atoms. The van der Waals surface area contributed by atoms with Gasteiger partial charge in [0.2, 0.25) is 0 Å². The third-order valence-corrected chi connectivity index (χ3v) is 3.42. The first-order valence-corrected chi connectivity index (χ1v) is 6.79. The number of hydrogen-bond donors (Lipinski definition) is 2. The zero-order valence-electron chi connectivity index (χ0n) is 11.0. The lowest BCUT2D eigenvalue weighted by atomic mass is 10.1. The van der Waals surface area contributed by atoms with E-state index in [0.717, 1.165) is 11.8 Å². The Kier molecular flexibility index (Phi) is 3.66. The SMILES string of the molecule is O=C(Nc1ccc(F)cc1Cl)c1cccc2c1OCCN2. The van der Waals surface area contributed by atoms with Gasteiger partial charge < -0.3 is 15.4 Å². The molecule has 0 unspecified atom stereocenters. The van der Waals surface area contributed by atoms with E-state index in [1.54, 1.807) is 12.1 Å². The third-order valence-electron chi connectivity index (χ3n) is 3.10. The summed E-state index contributed by atoms with van der Waals surface area (Å²) < 4.78 is 18.6. The van der Waals surface area contributed by atoms with Gasteiger partial charge in [0.1, 0.15) is 12.4 Å². The lowest BCUT2D eigenvalue weighted by Crippen LogP contribution is -2.22. The van der Waals surface area contributed by atoms with Gasteiger partial charge in [0.15, 0.2) is 5.75 Å². The summed E-state index contributed by atoms with van der Waals surface area (Å²) in [5.74, 6) is -0.300. The maximum atomic E-state index is 13.0. The number of halogens is 2. The van der Waals surface area contributed by atoms with Gasteiger partial charge in [-0.25, -0.2) is 4.39 Å². The number of nitrogens with one attached hydrogen (secondary N) is 2. The highest BCUT2D eigenvalue weighted by Crippen LogP contribution is 2.32. The standard InChI is InChI=1S/C15H12ClFN2O2/c16-11-8-9(17)4-5-12(11)19-15(20)10-2-1-3-13-14(10)21-7-6-18-13/h1-5,8,18H,6-7H2,(H,19,20). The fraction of sp³-hybridized carbons (Fsp3) is 0.133. The number of benzene rings is 2. The zero-order chi connectivity index (χ0) is 14.8. The average Bonchev–Trinajstić information content (AvgIpc) is 2.49. The molecular weight excluding hydrogens is 295 g/mol. The Hall–Kier alpha value is -2.27. The number of carbonyl (C=O) groups is 1. The van der Waals surface area contributed by atoms with Crippen molar-refractivity contribution in [3.63, 3.8) is 0 Å². The van der Waals surface area contributed by atoms with Crippen LogP contribution in [-0.2, 0) is 0 Å². The molecule has 0 fully saturated rings. The van der Waals surface area contributed by atoms with Gasteiger partial charge >= 0.3 is 0 Å². The van der Waals surface area contributed by atoms with Crippen LogP contribution >= 0.6 is 11.6 Å². The van der Waals surface area contributed by atoms with Gasteiger partial charge in [-0.3, -0.25) is 4.79 Å². The number of rotatable bonds is 2.